The number of nitrogens with one attached hydrogen (secondary N) is 1. The Kier molecular flexibility index (Phi) is 8.67. The Labute approximate surface area is 165 Å². The maximum absolute atomic E-state index is 12.1. The molecule has 0 aliphatic carbocycles. The molecule has 124 valence electrons. The van der Waals surface area contributed by atoms with E-state index in [1.54, 1.807) is 6.92 Å². The minimum atomic E-state index is -1.15. The number of rotatable bonds is 8. The topological polar surface area (TPSA) is 81.6 Å². The van der Waals surface area contributed by atoms with E-state index in [9.17, 15) is 14.7 Å². The molecule has 1 atom stereocenters. The summed E-state index contributed by atoms with van der Waals surface area (Å²) in [6, 6.07) is 9.49. The molecule has 1 heterocycles. The van der Waals surface area contributed by atoms with Gasteiger partial charge in [0, 0.05) is 0 Å². The largest absolute Gasteiger partial charge is 1.00 e. The molecule has 1 N–H and O–H groups in total. The molecule has 5 nitrogen and oxygen atoms in total. The minimum absolute atomic E-state index is 0. The average molecular weight is 338 g/mol. The smallest absolute Gasteiger partial charge is 0.846 e. The second-order valence-corrected chi connectivity index (χ2v) is 6.01. The van der Waals surface area contributed by atoms with Crippen LogP contribution in [0.1, 0.15) is 51.0 Å². The summed E-state index contributed by atoms with van der Waals surface area (Å²) in [6.07, 6.45) is 5.76. The van der Waals surface area contributed by atoms with Gasteiger partial charge in [-0.05, 0) is 31.2 Å². The van der Waals surface area contributed by atoms with Crippen LogP contribution in [-0.2, 0) is 16.0 Å². The fourth-order valence-electron chi connectivity index (χ4n) is 3.00. The Bertz CT molecular complexity index is 589. The number of carbonyl (C=O) groups is 2. The van der Waals surface area contributed by atoms with Crippen LogP contribution in [0.5, 0.6) is 0 Å². The number of hydrogen-bond donors (Lipinski definition) is 1. The fourth-order valence-corrected chi connectivity index (χ4v) is 3.00. The standard InChI is InChI=1S/C18H24N2O3.Na/c1-2-18(15(21)19-17(23)20-16(18)22)13-9-4-3-6-10-14-11-7-5-8-12-14;/h5,7-8,11-12H,2-4,6,9-10,13H2,1H3,(H2,19,20,21,22,23);/q;+1/p-1. The number of amidine groups is 1. The third-order valence-electron chi connectivity index (χ3n) is 4.53. The van der Waals surface area contributed by atoms with Gasteiger partial charge in [0.15, 0.2) is 0 Å². The van der Waals surface area contributed by atoms with E-state index in [2.05, 4.69) is 22.4 Å². The molecule has 0 bridgehead atoms. The van der Waals surface area contributed by atoms with Gasteiger partial charge >= 0.3 is 29.6 Å². The van der Waals surface area contributed by atoms with Gasteiger partial charge in [-0.15, -0.1) is 0 Å². The summed E-state index contributed by atoms with van der Waals surface area (Å²) >= 11 is 0. The number of aliphatic imine (C=N–C) groups is 1. The van der Waals surface area contributed by atoms with Crippen molar-refractivity contribution in [1.29, 1.82) is 0 Å². The van der Waals surface area contributed by atoms with Crippen molar-refractivity contribution in [3.05, 3.63) is 35.9 Å². The molecule has 24 heavy (non-hydrogen) atoms. The van der Waals surface area contributed by atoms with Gasteiger partial charge in [-0.25, -0.2) is 4.99 Å². The van der Waals surface area contributed by atoms with E-state index in [4.69, 9.17) is 0 Å². The maximum Gasteiger partial charge on any atom is 1.00 e. The summed E-state index contributed by atoms with van der Waals surface area (Å²) in [5, 5.41) is 13.3. The van der Waals surface area contributed by atoms with Crippen LogP contribution in [0.3, 0.4) is 0 Å². The van der Waals surface area contributed by atoms with Crippen LogP contribution in [0.4, 0.5) is 0 Å². The molecule has 0 fully saturated rings. The van der Waals surface area contributed by atoms with E-state index in [1.165, 1.54) is 5.56 Å². The summed E-state index contributed by atoms with van der Waals surface area (Å²) in [5.74, 6) is -1.08. The van der Waals surface area contributed by atoms with Gasteiger partial charge in [0.1, 0.15) is 5.41 Å². The van der Waals surface area contributed by atoms with E-state index >= 15 is 0 Å². The molecule has 1 aromatic carbocycles. The predicted octanol–water partition coefficient (Wildman–Crippen LogP) is -1.05. The molecule has 6 heteroatoms. The molecule has 0 saturated heterocycles. The molecule has 2 amide bonds. The second kappa shape index (κ2) is 9.97. The van der Waals surface area contributed by atoms with Crippen LogP contribution in [0.2, 0.25) is 0 Å². The van der Waals surface area contributed by atoms with Gasteiger partial charge in [-0.2, -0.15) is 0 Å². The Morgan fingerprint density at radius 3 is 2.38 bits per heavy atom. The van der Waals surface area contributed by atoms with E-state index < -0.39 is 23.3 Å². The summed E-state index contributed by atoms with van der Waals surface area (Å²) < 4.78 is 0. The zero-order valence-electron chi connectivity index (χ0n) is 14.5. The van der Waals surface area contributed by atoms with Crippen molar-refractivity contribution < 1.29 is 44.3 Å². The predicted molar refractivity (Wildman–Crippen MR) is 86.5 cm³/mol. The van der Waals surface area contributed by atoms with Gasteiger partial charge < -0.3 is 10.4 Å². The average Bonchev–Trinajstić information content (AvgIpc) is 2.54. The first kappa shape index (κ1) is 20.9. The van der Waals surface area contributed by atoms with Crippen molar-refractivity contribution in [1.82, 2.24) is 5.32 Å². The van der Waals surface area contributed by atoms with Gasteiger partial charge in [-0.3, -0.25) is 9.59 Å². The van der Waals surface area contributed by atoms with Crippen molar-refractivity contribution in [3.63, 3.8) is 0 Å². The molecule has 0 spiro atoms. The Hall–Kier alpha value is -1.17. The fraction of sp³-hybridized carbons (Fsp3) is 0.500. The van der Waals surface area contributed by atoms with Gasteiger partial charge in [0.2, 0.25) is 5.91 Å². The number of unbranched alkanes of at least 4 members (excludes halogenated alkanes) is 3. The maximum atomic E-state index is 12.1. The van der Waals surface area contributed by atoms with E-state index in [-0.39, 0.29) is 29.6 Å². The number of nitrogens with zero attached hydrogens (tertiary/aromatic N) is 1. The zero-order chi connectivity index (χ0) is 16.7. The van der Waals surface area contributed by atoms with Gasteiger partial charge in [0.05, 0.1) is 6.02 Å². The van der Waals surface area contributed by atoms with E-state index in [0.29, 0.717) is 12.8 Å². The van der Waals surface area contributed by atoms with Crippen molar-refractivity contribution in [2.75, 3.05) is 0 Å². The van der Waals surface area contributed by atoms with Crippen LogP contribution >= 0.6 is 0 Å². The summed E-state index contributed by atoms with van der Waals surface area (Å²) in [4.78, 5) is 27.5. The molecule has 1 aliphatic rings. The number of carbonyl (C=O) groups excluding carboxylic acids is 2. The number of aryl methyl sites for hydroxylation is 1. The molecule has 1 aliphatic heterocycles. The molecule has 1 aromatic rings. The molecule has 2 rings (SSSR count). The quantitative estimate of drug-likeness (QED) is 0.373. The van der Waals surface area contributed by atoms with Crippen LogP contribution in [0, 0.1) is 5.41 Å². The number of hydrogen-bond acceptors (Lipinski definition) is 3. The third-order valence-corrected chi connectivity index (χ3v) is 4.53. The van der Waals surface area contributed by atoms with E-state index in [0.717, 1.165) is 32.1 Å². The normalized spacial score (nSPS) is 20.1. The van der Waals surface area contributed by atoms with Crippen molar-refractivity contribution in [3.8, 4) is 0 Å². The van der Waals surface area contributed by atoms with Crippen molar-refractivity contribution >= 4 is 17.8 Å². The number of benzene rings is 1. The first-order chi connectivity index (χ1) is 11.1. The molecule has 0 saturated carbocycles. The van der Waals surface area contributed by atoms with Crippen molar-refractivity contribution in [2.24, 2.45) is 10.4 Å². The molecular formula is C18H23N2NaO3. The van der Waals surface area contributed by atoms with Crippen molar-refractivity contribution in [2.45, 2.75) is 51.9 Å². The SMILES string of the molecule is CCC1(CCCCCCc2ccccc2)C(=O)N=C([O-])NC1=O.[Na+]. The summed E-state index contributed by atoms with van der Waals surface area (Å²) in [5.41, 5.74) is 0.185. The van der Waals surface area contributed by atoms with Crippen LogP contribution in [0.25, 0.3) is 0 Å². The monoisotopic (exact) mass is 338 g/mol. The summed E-state index contributed by atoms with van der Waals surface area (Å²) in [6.45, 7) is 1.79. The molecular weight excluding hydrogens is 315 g/mol. The zero-order valence-corrected chi connectivity index (χ0v) is 16.5. The van der Waals surface area contributed by atoms with Crippen LogP contribution in [0.15, 0.2) is 35.3 Å². The Morgan fingerprint density at radius 1 is 1.08 bits per heavy atom. The first-order valence-corrected chi connectivity index (χ1v) is 8.24. The first-order valence-electron chi connectivity index (χ1n) is 8.24. The third kappa shape index (κ3) is 5.16. The Balaban J connectivity index is 0.00000288. The van der Waals surface area contributed by atoms with Crippen LogP contribution < -0.4 is 40.0 Å². The molecule has 1 unspecified atom stereocenters. The number of amides is 2. The van der Waals surface area contributed by atoms with Gasteiger partial charge in [0.25, 0.3) is 5.91 Å². The van der Waals surface area contributed by atoms with E-state index in [1.807, 2.05) is 18.2 Å². The minimum Gasteiger partial charge on any atom is -0.846 e. The molecule has 0 radical (unpaired) electrons. The Morgan fingerprint density at radius 2 is 1.75 bits per heavy atom. The second-order valence-electron chi connectivity index (χ2n) is 6.01. The molecule has 0 aromatic heterocycles. The van der Waals surface area contributed by atoms with Crippen LogP contribution in [-0.4, -0.2) is 17.8 Å². The summed E-state index contributed by atoms with van der Waals surface area (Å²) in [7, 11) is 0. The van der Waals surface area contributed by atoms with Gasteiger partial charge in [-0.1, -0.05) is 56.5 Å².